The van der Waals surface area contributed by atoms with Crippen molar-refractivity contribution in [2.24, 2.45) is 0 Å². The van der Waals surface area contributed by atoms with E-state index in [0.29, 0.717) is 27.8 Å². The number of fused-ring (bicyclic) bond motifs is 5. The normalized spacial score (nSPS) is 20.0. The van der Waals surface area contributed by atoms with Crippen LogP contribution in [0.15, 0.2) is 18.2 Å². The minimum atomic E-state index is -0.859. The van der Waals surface area contributed by atoms with Crippen molar-refractivity contribution >= 4 is 28.6 Å². The van der Waals surface area contributed by atoms with E-state index in [1.807, 2.05) is 0 Å². The van der Waals surface area contributed by atoms with Gasteiger partial charge >= 0.3 is 6.09 Å². The maximum Gasteiger partial charge on any atom is 0.417 e. The summed E-state index contributed by atoms with van der Waals surface area (Å²) in [5.74, 6) is -0.380. The summed E-state index contributed by atoms with van der Waals surface area (Å²) in [6, 6.07) is 4.29. The van der Waals surface area contributed by atoms with E-state index >= 15 is 0 Å². The number of phenolic OH excluding ortho intramolecular Hbond substituents is 1. The first-order chi connectivity index (χ1) is 14.0. The highest BCUT2D eigenvalue weighted by atomic mass is 16.6. The lowest BCUT2D eigenvalue weighted by molar-refractivity contribution is -0.128. The Balaban J connectivity index is 1.97. The van der Waals surface area contributed by atoms with Gasteiger partial charge in [-0.1, -0.05) is 12.1 Å². The Kier molecular flexibility index (Phi) is 4.41. The van der Waals surface area contributed by atoms with Gasteiger partial charge in [-0.25, -0.2) is 9.69 Å². The first-order valence-electron chi connectivity index (χ1n) is 9.63. The van der Waals surface area contributed by atoms with Crippen molar-refractivity contribution in [2.75, 3.05) is 7.11 Å². The largest absolute Gasteiger partial charge is 0.506 e. The fraction of sp³-hybridized carbons (Fsp3) is 0.409. The predicted molar refractivity (Wildman–Crippen MR) is 107 cm³/mol. The molecule has 30 heavy (non-hydrogen) atoms. The second-order valence-corrected chi connectivity index (χ2v) is 8.45. The summed E-state index contributed by atoms with van der Waals surface area (Å²) >= 11 is 0. The molecule has 0 aliphatic carbocycles. The molecule has 8 nitrogen and oxygen atoms in total. The number of Topliss-reactive ketones (excluding diaryl/α,β-unsaturated/α-hetero) is 1. The quantitative estimate of drug-likeness (QED) is 0.749. The molecule has 0 saturated carbocycles. The van der Waals surface area contributed by atoms with Gasteiger partial charge in [-0.3, -0.25) is 9.59 Å². The van der Waals surface area contributed by atoms with Crippen LogP contribution in [0.25, 0.3) is 10.8 Å². The number of nitrogens with zero attached hydrogens (tertiary/aromatic N) is 1. The molecule has 2 heterocycles. The Hall–Kier alpha value is -3.29. The summed E-state index contributed by atoms with van der Waals surface area (Å²) in [5.41, 5.74) is -0.472. The fourth-order valence-corrected chi connectivity index (χ4v) is 4.21. The number of rotatable bonds is 2. The summed E-state index contributed by atoms with van der Waals surface area (Å²) in [5, 5.41) is 11.9. The number of hydrogen-bond donors (Lipinski definition) is 1. The zero-order valence-corrected chi connectivity index (χ0v) is 17.4. The predicted octanol–water partition coefficient (Wildman–Crippen LogP) is 3.73. The van der Waals surface area contributed by atoms with Crippen molar-refractivity contribution in [1.29, 1.82) is 0 Å². The van der Waals surface area contributed by atoms with Gasteiger partial charge in [0.15, 0.2) is 5.78 Å². The zero-order valence-electron chi connectivity index (χ0n) is 17.4. The third-order valence-corrected chi connectivity index (χ3v) is 5.26. The standard InChI is InChI=1S/C22H23NO7/c1-10(24)15-17-18-13(9-14(25)23(18)21(27)30-22(2,3)4)29-20(17)11-7-6-8-12(28-5)16(11)19(15)26/h6-8,13,18,26H,9H2,1-5H3/t13-,18+/m0/s1. The van der Waals surface area contributed by atoms with Crippen molar-refractivity contribution in [1.82, 2.24) is 4.90 Å². The number of benzene rings is 2. The second kappa shape index (κ2) is 6.62. The number of carbonyl (C=O) groups excluding carboxylic acids is 3. The smallest absolute Gasteiger partial charge is 0.417 e. The van der Waals surface area contributed by atoms with Crippen LogP contribution in [0, 0.1) is 0 Å². The molecule has 0 unspecified atom stereocenters. The third kappa shape index (κ3) is 2.86. The second-order valence-electron chi connectivity index (χ2n) is 8.45. The topological polar surface area (TPSA) is 102 Å². The molecular weight excluding hydrogens is 390 g/mol. The van der Waals surface area contributed by atoms with Crippen LogP contribution >= 0.6 is 0 Å². The molecule has 4 rings (SSSR count). The first-order valence-corrected chi connectivity index (χ1v) is 9.63. The minimum Gasteiger partial charge on any atom is -0.506 e. The Morgan fingerprint density at radius 1 is 1.27 bits per heavy atom. The molecule has 1 N–H and O–H groups in total. The van der Waals surface area contributed by atoms with Crippen molar-refractivity contribution in [2.45, 2.75) is 51.9 Å². The third-order valence-electron chi connectivity index (χ3n) is 5.26. The zero-order chi connectivity index (χ0) is 22.0. The van der Waals surface area contributed by atoms with Gasteiger partial charge in [-0.15, -0.1) is 0 Å². The number of ether oxygens (including phenoxy) is 3. The van der Waals surface area contributed by atoms with Gasteiger partial charge in [-0.05, 0) is 33.8 Å². The van der Waals surface area contributed by atoms with Crippen molar-refractivity contribution < 1.29 is 33.7 Å². The number of hydrogen-bond acceptors (Lipinski definition) is 7. The summed E-state index contributed by atoms with van der Waals surface area (Å²) in [6.07, 6.45) is -1.52. The fourth-order valence-electron chi connectivity index (χ4n) is 4.21. The van der Waals surface area contributed by atoms with Gasteiger partial charge in [0.05, 0.1) is 24.5 Å². The van der Waals surface area contributed by atoms with E-state index in [9.17, 15) is 19.5 Å². The SMILES string of the molecule is COc1cccc2c3c(c(C(C)=O)c(O)c12)[C@H]1[C@H](CC(=O)N1C(=O)OC(C)(C)C)O3. The van der Waals surface area contributed by atoms with Crippen LogP contribution in [0.2, 0.25) is 0 Å². The number of carbonyl (C=O) groups is 3. The van der Waals surface area contributed by atoms with Gasteiger partial charge in [0.2, 0.25) is 5.91 Å². The van der Waals surface area contributed by atoms with Crippen LogP contribution in [0.1, 0.15) is 56.1 Å². The molecule has 2 atom stereocenters. The van der Waals surface area contributed by atoms with Crippen LogP contribution in [0.3, 0.4) is 0 Å². The van der Waals surface area contributed by atoms with E-state index in [2.05, 4.69) is 0 Å². The molecule has 0 spiro atoms. The van der Waals surface area contributed by atoms with E-state index in [1.165, 1.54) is 14.0 Å². The molecular formula is C22H23NO7. The molecule has 8 heteroatoms. The highest BCUT2D eigenvalue weighted by Gasteiger charge is 2.54. The Morgan fingerprint density at radius 2 is 1.97 bits per heavy atom. The maximum atomic E-state index is 12.8. The first kappa shape index (κ1) is 20.0. The lowest BCUT2D eigenvalue weighted by Gasteiger charge is -2.27. The van der Waals surface area contributed by atoms with Crippen LogP contribution in [0.5, 0.6) is 17.2 Å². The number of methoxy groups -OCH3 is 1. The van der Waals surface area contributed by atoms with E-state index in [0.717, 1.165) is 4.90 Å². The van der Waals surface area contributed by atoms with Crippen molar-refractivity contribution in [3.8, 4) is 17.2 Å². The van der Waals surface area contributed by atoms with Crippen LogP contribution in [-0.4, -0.2) is 46.6 Å². The average Bonchev–Trinajstić information content (AvgIpc) is 3.14. The molecule has 2 amide bonds. The van der Waals surface area contributed by atoms with E-state index in [4.69, 9.17) is 14.2 Å². The molecule has 2 aliphatic heterocycles. The lowest BCUT2D eigenvalue weighted by Crippen LogP contribution is -2.39. The van der Waals surface area contributed by atoms with Gasteiger partial charge < -0.3 is 19.3 Å². The molecule has 2 aromatic rings. The van der Waals surface area contributed by atoms with Gasteiger partial charge in [0.1, 0.15) is 35.0 Å². The monoisotopic (exact) mass is 413 g/mol. The van der Waals surface area contributed by atoms with Gasteiger partial charge in [-0.2, -0.15) is 0 Å². The maximum absolute atomic E-state index is 12.8. The van der Waals surface area contributed by atoms with E-state index < -0.39 is 35.5 Å². The number of ketones is 1. The molecule has 158 valence electrons. The van der Waals surface area contributed by atoms with Crippen molar-refractivity contribution in [3.63, 3.8) is 0 Å². The Bertz CT molecular complexity index is 1100. The van der Waals surface area contributed by atoms with Crippen LogP contribution in [0.4, 0.5) is 4.79 Å². The van der Waals surface area contributed by atoms with E-state index in [1.54, 1.807) is 39.0 Å². The van der Waals surface area contributed by atoms with E-state index in [-0.39, 0.29) is 17.7 Å². The van der Waals surface area contributed by atoms with Crippen molar-refractivity contribution in [3.05, 3.63) is 29.3 Å². The molecule has 1 fully saturated rings. The highest BCUT2D eigenvalue weighted by Crippen LogP contribution is 2.55. The summed E-state index contributed by atoms with van der Waals surface area (Å²) < 4.78 is 16.9. The number of imide groups is 1. The summed E-state index contributed by atoms with van der Waals surface area (Å²) in [7, 11) is 1.47. The molecule has 2 aliphatic rings. The number of aromatic hydroxyl groups is 1. The Morgan fingerprint density at radius 3 is 2.57 bits per heavy atom. The number of amides is 2. The average molecular weight is 413 g/mol. The Labute approximate surface area is 173 Å². The highest BCUT2D eigenvalue weighted by molar-refractivity contribution is 6.11. The summed E-state index contributed by atoms with van der Waals surface area (Å²) in [4.78, 5) is 39.0. The van der Waals surface area contributed by atoms with Crippen LogP contribution in [-0.2, 0) is 9.53 Å². The number of likely N-dealkylation sites (tertiary alicyclic amines) is 1. The lowest BCUT2D eigenvalue weighted by atomic mass is 9.91. The molecule has 1 saturated heterocycles. The molecule has 2 aromatic carbocycles. The summed E-state index contributed by atoms with van der Waals surface area (Å²) in [6.45, 7) is 6.43. The number of phenols is 1. The van der Waals surface area contributed by atoms with Crippen LogP contribution < -0.4 is 9.47 Å². The molecule has 0 radical (unpaired) electrons. The van der Waals surface area contributed by atoms with Gasteiger partial charge in [0, 0.05) is 10.9 Å². The van der Waals surface area contributed by atoms with Gasteiger partial charge in [0.25, 0.3) is 0 Å². The molecule has 0 aromatic heterocycles. The minimum absolute atomic E-state index is 0.0118. The molecule has 0 bridgehead atoms.